The molecule has 1 heterocycles. The van der Waals surface area contributed by atoms with Crippen LogP contribution in [0.15, 0.2) is 0 Å². The first-order valence-corrected chi connectivity index (χ1v) is 4.79. The van der Waals surface area contributed by atoms with Crippen molar-refractivity contribution < 1.29 is 0 Å². The van der Waals surface area contributed by atoms with Gasteiger partial charge in [-0.05, 0) is 26.2 Å². The lowest BCUT2D eigenvalue weighted by Gasteiger charge is -2.10. The number of nitrogens with one attached hydrogen (secondary N) is 1. The monoisotopic (exact) mass is 181 g/mol. The van der Waals surface area contributed by atoms with E-state index in [0.29, 0.717) is 5.92 Å². The summed E-state index contributed by atoms with van der Waals surface area (Å²) in [5.74, 6) is 1.53. The van der Waals surface area contributed by atoms with Crippen LogP contribution in [0.4, 0.5) is 0 Å². The van der Waals surface area contributed by atoms with Crippen LogP contribution in [-0.4, -0.2) is 9.97 Å². The molecule has 1 rings (SSSR count). The molecule has 3 N–H and O–H groups in total. The third kappa shape index (κ3) is 2.56. The maximum Gasteiger partial charge on any atom is 0.123 e. The average molecular weight is 181 g/mol. The van der Waals surface area contributed by atoms with E-state index in [1.54, 1.807) is 0 Å². The summed E-state index contributed by atoms with van der Waals surface area (Å²) >= 11 is 0. The van der Waals surface area contributed by atoms with Crippen LogP contribution in [0.2, 0.25) is 0 Å². The molecule has 13 heavy (non-hydrogen) atoms. The SMILES string of the molecule is Cc1nc(C(N)CC(C)C)[nH]c1C. The summed E-state index contributed by atoms with van der Waals surface area (Å²) in [7, 11) is 0. The molecular formula is C10H19N3. The van der Waals surface area contributed by atoms with E-state index in [4.69, 9.17) is 5.73 Å². The fourth-order valence-corrected chi connectivity index (χ4v) is 1.37. The molecule has 0 fully saturated rings. The topological polar surface area (TPSA) is 54.7 Å². The number of imidazole rings is 1. The van der Waals surface area contributed by atoms with Crippen molar-refractivity contribution in [2.45, 2.75) is 40.2 Å². The van der Waals surface area contributed by atoms with Gasteiger partial charge in [0.05, 0.1) is 11.7 Å². The van der Waals surface area contributed by atoms with E-state index in [1.807, 2.05) is 13.8 Å². The van der Waals surface area contributed by atoms with E-state index in [9.17, 15) is 0 Å². The third-order valence-electron chi connectivity index (χ3n) is 2.22. The second kappa shape index (κ2) is 3.92. The molecule has 0 aliphatic rings. The molecule has 0 saturated heterocycles. The summed E-state index contributed by atoms with van der Waals surface area (Å²) in [5, 5.41) is 0. The van der Waals surface area contributed by atoms with Gasteiger partial charge in [-0.1, -0.05) is 13.8 Å². The highest BCUT2D eigenvalue weighted by Gasteiger charge is 2.12. The highest BCUT2D eigenvalue weighted by atomic mass is 15.0. The fourth-order valence-electron chi connectivity index (χ4n) is 1.37. The lowest BCUT2D eigenvalue weighted by Crippen LogP contribution is -2.14. The number of nitrogens with two attached hydrogens (primary N) is 1. The number of hydrogen-bond donors (Lipinski definition) is 2. The van der Waals surface area contributed by atoms with Gasteiger partial charge >= 0.3 is 0 Å². The first-order valence-electron chi connectivity index (χ1n) is 4.79. The Morgan fingerprint density at radius 3 is 2.38 bits per heavy atom. The van der Waals surface area contributed by atoms with Crippen molar-refractivity contribution in [3.05, 3.63) is 17.2 Å². The van der Waals surface area contributed by atoms with Crippen molar-refractivity contribution in [3.8, 4) is 0 Å². The quantitative estimate of drug-likeness (QED) is 0.750. The van der Waals surface area contributed by atoms with E-state index in [0.717, 1.165) is 23.6 Å². The van der Waals surface area contributed by atoms with Crippen LogP contribution in [0, 0.1) is 19.8 Å². The minimum atomic E-state index is 0.0485. The van der Waals surface area contributed by atoms with Gasteiger partial charge in [-0.15, -0.1) is 0 Å². The molecule has 0 saturated carbocycles. The normalized spacial score (nSPS) is 13.7. The van der Waals surface area contributed by atoms with E-state index in [2.05, 4.69) is 23.8 Å². The number of aromatic nitrogens is 2. The first kappa shape index (κ1) is 10.3. The molecule has 1 aromatic rings. The third-order valence-corrected chi connectivity index (χ3v) is 2.22. The zero-order chi connectivity index (χ0) is 10.0. The highest BCUT2D eigenvalue weighted by molar-refractivity contribution is 5.12. The molecule has 0 amide bonds. The smallest absolute Gasteiger partial charge is 0.123 e. The van der Waals surface area contributed by atoms with Crippen LogP contribution in [0.5, 0.6) is 0 Å². The van der Waals surface area contributed by atoms with Crippen LogP contribution < -0.4 is 5.73 Å². The Hall–Kier alpha value is -0.830. The van der Waals surface area contributed by atoms with Gasteiger partial charge in [0.1, 0.15) is 5.82 Å². The molecule has 0 bridgehead atoms. The second-order valence-corrected chi connectivity index (χ2v) is 4.07. The predicted octanol–water partition coefficient (Wildman–Crippen LogP) is 2.07. The number of rotatable bonds is 3. The number of hydrogen-bond acceptors (Lipinski definition) is 2. The van der Waals surface area contributed by atoms with E-state index in [-0.39, 0.29) is 6.04 Å². The summed E-state index contributed by atoms with van der Waals surface area (Å²) in [5.41, 5.74) is 8.15. The second-order valence-electron chi connectivity index (χ2n) is 4.07. The molecule has 74 valence electrons. The Bertz CT molecular complexity index is 256. The molecule has 1 atom stereocenters. The van der Waals surface area contributed by atoms with Crippen LogP contribution in [-0.2, 0) is 0 Å². The highest BCUT2D eigenvalue weighted by Crippen LogP contribution is 2.17. The lowest BCUT2D eigenvalue weighted by molar-refractivity contribution is 0.495. The minimum absolute atomic E-state index is 0.0485. The standard InChI is InChI=1S/C10H19N3/c1-6(2)5-9(11)10-12-7(3)8(4)13-10/h6,9H,5,11H2,1-4H3,(H,12,13). The summed E-state index contributed by atoms with van der Waals surface area (Å²) < 4.78 is 0. The number of nitrogens with zero attached hydrogens (tertiary/aromatic N) is 1. The molecule has 1 unspecified atom stereocenters. The van der Waals surface area contributed by atoms with Gasteiger partial charge < -0.3 is 10.7 Å². The average Bonchev–Trinajstić information content (AvgIpc) is 2.31. The summed E-state index contributed by atoms with van der Waals surface area (Å²) in [6.07, 6.45) is 0.979. The van der Waals surface area contributed by atoms with Crippen molar-refractivity contribution in [2.75, 3.05) is 0 Å². The Morgan fingerprint density at radius 2 is 2.00 bits per heavy atom. The largest absolute Gasteiger partial charge is 0.345 e. The van der Waals surface area contributed by atoms with Crippen LogP contribution in [0.3, 0.4) is 0 Å². The Kier molecular flexibility index (Phi) is 3.09. The molecule has 0 aliphatic heterocycles. The van der Waals surface area contributed by atoms with E-state index >= 15 is 0 Å². The van der Waals surface area contributed by atoms with Gasteiger partial charge in [-0.3, -0.25) is 0 Å². The molecule has 0 radical (unpaired) electrons. The van der Waals surface area contributed by atoms with E-state index < -0.39 is 0 Å². The van der Waals surface area contributed by atoms with Gasteiger partial charge in [0, 0.05) is 5.69 Å². The van der Waals surface area contributed by atoms with Gasteiger partial charge in [-0.25, -0.2) is 4.98 Å². The number of aromatic amines is 1. The van der Waals surface area contributed by atoms with Crippen molar-refractivity contribution in [1.82, 2.24) is 9.97 Å². The van der Waals surface area contributed by atoms with Crippen molar-refractivity contribution >= 4 is 0 Å². The number of aryl methyl sites for hydroxylation is 2. The molecule has 0 aromatic carbocycles. The van der Waals surface area contributed by atoms with Gasteiger partial charge in [0.2, 0.25) is 0 Å². The van der Waals surface area contributed by atoms with Crippen molar-refractivity contribution in [2.24, 2.45) is 11.7 Å². The fraction of sp³-hybridized carbons (Fsp3) is 0.700. The Labute approximate surface area is 79.8 Å². The molecular weight excluding hydrogens is 162 g/mol. The zero-order valence-electron chi connectivity index (χ0n) is 8.89. The van der Waals surface area contributed by atoms with Crippen LogP contribution in [0.25, 0.3) is 0 Å². The minimum Gasteiger partial charge on any atom is -0.345 e. The van der Waals surface area contributed by atoms with Crippen molar-refractivity contribution in [1.29, 1.82) is 0 Å². The molecule has 0 spiro atoms. The number of H-pyrrole nitrogens is 1. The lowest BCUT2D eigenvalue weighted by atomic mass is 10.0. The Morgan fingerprint density at radius 1 is 1.38 bits per heavy atom. The summed E-state index contributed by atoms with van der Waals surface area (Å²) in [6.45, 7) is 8.36. The van der Waals surface area contributed by atoms with Crippen molar-refractivity contribution in [3.63, 3.8) is 0 Å². The molecule has 3 heteroatoms. The van der Waals surface area contributed by atoms with Gasteiger partial charge in [0.15, 0.2) is 0 Å². The first-order chi connectivity index (χ1) is 6.00. The maximum atomic E-state index is 5.98. The molecule has 1 aromatic heterocycles. The van der Waals surface area contributed by atoms with Crippen LogP contribution in [0.1, 0.15) is 43.5 Å². The predicted molar refractivity (Wildman–Crippen MR) is 54.4 cm³/mol. The maximum absolute atomic E-state index is 5.98. The van der Waals surface area contributed by atoms with Crippen LogP contribution >= 0.6 is 0 Å². The Balaban J connectivity index is 2.71. The van der Waals surface area contributed by atoms with Gasteiger partial charge in [0.25, 0.3) is 0 Å². The molecule has 3 nitrogen and oxygen atoms in total. The van der Waals surface area contributed by atoms with Gasteiger partial charge in [-0.2, -0.15) is 0 Å². The summed E-state index contributed by atoms with van der Waals surface area (Å²) in [6, 6.07) is 0.0485. The summed E-state index contributed by atoms with van der Waals surface area (Å²) in [4.78, 5) is 7.60. The zero-order valence-corrected chi connectivity index (χ0v) is 8.89. The molecule has 0 aliphatic carbocycles. The van der Waals surface area contributed by atoms with E-state index in [1.165, 1.54) is 0 Å².